The van der Waals surface area contributed by atoms with Gasteiger partial charge < -0.3 is 18.6 Å². The molecule has 4 rings (SSSR count). The smallest absolute Gasteiger partial charge is 0.320 e. The molecule has 0 radical (unpaired) electrons. The Morgan fingerprint density at radius 1 is 0.810 bits per heavy atom. The minimum absolute atomic E-state index is 0.202. The first-order valence-electron chi connectivity index (χ1n) is 14.5. The number of ether oxygens (including phenoxy) is 3. The quantitative estimate of drug-likeness (QED) is 0.136. The summed E-state index contributed by atoms with van der Waals surface area (Å²) in [5, 5.41) is 2.18. The standard InChI is InChI=1S/C35H42O6Si/c1-35(2,3)42(28-19-11-7-12-20-28,29-21-13-8-14-22-29)41-27-18-15-23-30(32(33(36)38-4)34(37)39-5)31(24-27)40-25-26-16-9-6-10-17-26/h6-17,19-23,27,30-32H,18,24-25H2,1-5H3/t27-,30+,31-/m1/s1. The monoisotopic (exact) mass is 586 g/mol. The van der Waals surface area contributed by atoms with Gasteiger partial charge in [0.1, 0.15) is 0 Å². The van der Waals surface area contributed by atoms with E-state index in [9.17, 15) is 9.59 Å². The number of carbonyl (C=O) groups is 2. The molecular weight excluding hydrogens is 544 g/mol. The molecule has 1 aliphatic carbocycles. The first-order valence-corrected chi connectivity index (χ1v) is 16.4. The van der Waals surface area contributed by atoms with E-state index in [0.29, 0.717) is 19.4 Å². The van der Waals surface area contributed by atoms with E-state index in [1.165, 1.54) is 24.6 Å². The largest absolute Gasteiger partial charge is 0.468 e. The van der Waals surface area contributed by atoms with Crippen molar-refractivity contribution in [3.05, 3.63) is 109 Å². The summed E-state index contributed by atoms with van der Waals surface area (Å²) in [7, 11) is -0.285. The predicted octanol–water partition coefficient (Wildman–Crippen LogP) is 5.45. The molecule has 0 spiro atoms. The molecule has 3 aromatic carbocycles. The number of methoxy groups -OCH3 is 2. The molecule has 0 aromatic heterocycles. The Morgan fingerprint density at radius 3 is 1.79 bits per heavy atom. The van der Waals surface area contributed by atoms with Gasteiger partial charge >= 0.3 is 11.9 Å². The van der Waals surface area contributed by atoms with Crippen molar-refractivity contribution in [3.8, 4) is 0 Å². The molecule has 0 saturated heterocycles. The molecular formula is C35H42O6Si. The topological polar surface area (TPSA) is 71.1 Å². The predicted molar refractivity (Wildman–Crippen MR) is 167 cm³/mol. The highest BCUT2D eigenvalue weighted by Crippen LogP contribution is 2.40. The fourth-order valence-corrected chi connectivity index (χ4v) is 10.7. The van der Waals surface area contributed by atoms with E-state index in [1.54, 1.807) is 0 Å². The van der Waals surface area contributed by atoms with Crippen LogP contribution >= 0.6 is 0 Å². The summed E-state index contributed by atoms with van der Waals surface area (Å²) in [6, 6.07) is 30.9. The molecule has 7 heteroatoms. The number of hydrogen-bond acceptors (Lipinski definition) is 6. The van der Waals surface area contributed by atoms with Crippen molar-refractivity contribution in [2.24, 2.45) is 11.8 Å². The van der Waals surface area contributed by atoms with Crippen molar-refractivity contribution >= 4 is 30.6 Å². The van der Waals surface area contributed by atoms with E-state index in [1.807, 2.05) is 54.6 Å². The zero-order valence-corrected chi connectivity index (χ0v) is 26.2. The maximum Gasteiger partial charge on any atom is 0.320 e. The molecule has 3 aromatic rings. The summed E-state index contributed by atoms with van der Waals surface area (Å²) in [5.41, 5.74) is 1.00. The fourth-order valence-electron chi connectivity index (χ4n) is 6.01. The summed E-state index contributed by atoms with van der Waals surface area (Å²) < 4.78 is 24.1. The van der Waals surface area contributed by atoms with Gasteiger partial charge in [0, 0.05) is 5.92 Å². The number of carbonyl (C=O) groups excluding carboxylic acids is 2. The van der Waals surface area contributed by atoms with Gasteiger partial charge in [-0.15, -0.1) is 0 Å². The second-order valence-corrected chi connectivity index (χ2v) is 16.0. The molecule has 0 amide bonds. The Labute approximate surface area is 250 Å². The molecule has 222 valence electrons. The summed E-state index contributed by atoms with van der Waals surface area (Å²) in [6.07, 6.45) is 4.28. The number of hydrogen-bond donors (Lipinski definition) is 0. The Morgan fingerprint density at radius 2 is 1.31 bits per heavy atom. The zero-order chi connectivity index (χ0) is 30.2. The van der Waals surface area contributed by atoms with Gasteiger partial charge in [-0.2, -0.15) is 0 Å². The Balaban J connectivity index is 1.76. The summed E-state index contributed by atoms with van der Waals surface area (Å²) in [4.78, 5) is 25.8. The van der Waals surface area contributed by atoms with Gasteiger partial charge in [0.25, 0.3) is 8.32 Å². The summed E-state index contributed by atoms with van der Waals surface area (Å²) >= 11 is 0. The van der Waals surface area contributed by atoms with Crippen molar-refractivity contribution in [2.45, 2.75) is 57.5 Å². The van der Waals surface area contributed by atoms with Crippen LogP contribution in [0.15, 0.2) is 103 Å². The van der Waals surface area contributed by atoms with Gasteiger partial charge in [-0.1, -0.05) is 124 Å². The van der Waals surface area contributed by atoms with E-state index in [2.05, 4.69) is 69.3 Å². The van der Waals surface area contributed by atoms with Crippen LogP contribution in [-0.2, 0) is 34.8 Å². The highest BCUT2D eigenvalue weighted by molar-refractivity contribution is 6.99. The van der Waals surface area contributed by atoms with E-state index in [4.69, 9.17) is 18.6 Å². The summed E-state index contributed by atoms with van der Waals surface area (Å²) in [6.45, 7) is 7.09. The lowest BCUT2D eigenvalue weighted by Gasteiger charge is -2.45. The van der Waals surface area contributed by atoms with Crippen molar-refractivity contribution in [2.75, 3.05) is 14.2 Å². The molecule has 1 aliphatic rings. The minimum Gasteiger partial charge on any atom is -0.468 e. The average Bonchev–Trinajstić information content (AvgIpc) is 3.21. The molecule has 3 atom stereocenters. The lowest BCUT2D eigenvalue weighted by molar-refractivity contribution is -0.164. The molecule has 0 aliphatic heterocycles. The SMILES string of the molecule is COC(=O)C(C(=O)OC)[C@H]1C=CC[C@@H](O[Si](c2ccccc2)(c2ccccc2)C(C)(C)C)C[C@H]1OCc1ccccc1. The van der Waals surface area contributed by atoms with Gasteiger partial charge in [0.05, 0.1) is 33.0 Å². The first-order chi connectivity index (χ1) is 20.2. The second kappa shape index (κ2) is 14.1. The third-order valence-corrected chi connectivity index (χ3v) is 13.1. The molecule has 0 saturated carbocycles. The van der Waals surface area contributed by atoms with Crippen LogP contribution in [0.1, 0.15) is 39.2 Å². The maximum atomic E-state index is 12.9. The van der Waals surface area contributed by atoms with Crippen LogP contribution < -0.4 is 10.4 Å². The minimum atomic E-state index is -2.85. The molecule has 0 N–H and O–H groups in total. The molecule has 0 bridgehead atoms. The molecule has 6 nitrogen and oxygen atoms in total. The molecule has 0 unspecified atom stereocenters. The Bertz CT molecular complexity index is 1260. The van der Waals surface area contributed by atoms with E-state index < -0.39 is 38.2 Å². The van der Waals surface area contributed by atoms with Crippen molar-refractivity contribution in [3.63, 3.8) is 0 Å². The normalized spacial score (nSPS) is 19.2. The Kier molecular flexibility index (Phi) is 10.5. The van der Waals surface area contributed by atoms with Gasteiger partial charge in [-0.25, -0.2) is 0 Å². The van der Waals surface area contributed by atoms with Crippen LogP contribution in [0.3, 0.4) is 0 Å². The number of rotatable bonds is 10. The molecule has 0 heterocycles. The van der Waals surface area contributed by atoms with Crippen LogP contribution in [0.25, 0.3) is 0 Å². The van der Waals surface area contributed by atoms with Gasteiger partial charge in [-0.05, 0) is 33.8 Å². The molecule has 0 fully saturated rings. The lowest BCUT2D eigenvalue weighted by Crippen LogP contribution is -2.67. The third kappa shape index (κ3) is 6.92. The van der Waals surface area contributed by atoms with E-state index in [-0.39, 0.29) is 11.1 Å². The molecule has 42 heavy (non-hydrogen) atoms. The van der Waals surface area contributed by atoms with Crippen molar-refractivity contribution in [1.29, 1.82) is 0 Å². The van der Waals surface area contributed by atoms with Crippen molar-refractivity contribution in [1.82, 2.24) is 0 Å². The lowest BCUT2D eigenvalue weighted by atomic mass is 9.85. The Hall–Kier alpha value is -3.52. The average molecular weight is 587 g/mol. The van der Waals surface area contributed by atoms with Gasteiger partial charge in [-0.3, -0.25) is 9.59 Å². The van der Waals surface area contributed by atoms with Crippen LogP contribution in [0, 0.1) is 11.8 Å². The van der Waals surface area contributed by atoms with Gasteiger partial charge in [0.2, 0.25) is 0 Å². The second-order valence-electron chi connectivity index (χ2n) is 11.7. The van der Waals surface area contributed by atoms with E-state index >= 15 is 0 Å². The van der Waals surface area contributed by atoms with Crippen LogP contribution in [0.5, 0.6) is 0 Å². The third-order valence-electron chi connectivity index (χ3n) is 8.04. The number of esters is 2. The first kappa shape index (κ1) is 31.4. The van der Waals surface area contributed by atoms with Crippen LogP contribution in [0.4, 0.5) is 0 Å². The zero-order valence-electron chi connectivity index (χ0n) is 25.2. The highest BCUT2D eigenvalue weighted by Gasteiger charge is 2.52. The highest BCUT2D eigenvalue weighted by atomic mass is 28.4. The van der Waals surface area contributed by atoms with Gasteiger partial charge in [0.15, 0.2) is 5.92 Å². The summed E-state index contributed by atoms with van der Waals surface area (Å²) in [5.74, 6) is -3.02. The van der Waals surface area contributed by atoms with Crippen molar-refractivity contribution < 1.29 is 28.2 Å². The van der Waals surface area contributed by atoms with E-state index in [0.717, 1.165) is 5.56 Å². The fraction of sp³-hybridized carbons (Fsp3) is 0.371. The maximum absolute atomic E-state index is 12.9. The van der Waals surface area contributed by atoms with Crippen LogP contribution in [-0.4, -0.2) is 46.7 Å². The van der Waals surface area contributed by atoms with Crippen LogP contribution in [0.2, 0.25) is 5.04 Å². The number of benzene rings is 3.